The Hall–Kier alpha value is -3.46. The monoisotopic (exact) mass is 379 g/mol. The zero-order valence-corrected chi connectivity index (χ0v) is 16.4. The Balaban J connectivity index is 1.88. The van der Waals surface area contributed by atoms with E-state index in [1.807, 2.05) is 61.5 Å². The summed E-state index contributed by atoms with van der Waals surface area (Å²) in [4.78, 5) is 12.3. The van der Waals surface area contributed by atoms with E-state index in [4.69, 9.17) is 9.47 Å². The number of amides is 1. The molecule has 1 atom stereocenters. The fourth-order valence-corrected chi connectivity index (χ4v) is 2.62. The van der Waals surface area contributed by atoms with Gasteiger partial charge in [0.15, 0.2) is 0 Å². The Morgan fingerprint density at radius 3 is 2.50 bits per heavy atom. The average molecular weight is 379 g/mol. The van der Waals surface area contributed by atoms with Crippen molar-refractivity contribution in [2.24, 2.45) is 0 Å². The molecule has 2 N–H and O–H groups in total. The maximum atomic E-state index is 12.3. The zero-order chi connectivity index (χ0) is 20.4. The highest BCUT2D eigenvalue weighted by Gasteiger charge is 2.13. The summed E-state index contributed by atoms with van der Waals surface area (Å²) in [6.45, 7) is 2.46. The molecule has 0 spiro atoms. The molecular weight excluding hydrogens is 354 g/mol. The molecule has 0 saturated heterocycles. The first-order chi connectivity index (χ1) is 13.6. The summed E-state index contributed by atoms with van der Waals surface area (Å²) in [5.41, 5.74) is 2.07. The number of benzene rings is 2. The van der Waals surface area contributed by atoms with Gasteiger partial charge in [0.25, 0.3) is 5.91 Å². The summed E-state index contributed by atoms with van der Waals surface area (Å²) in [5.74, 6) is 1.14. The van der Waals surface area contributed by atoms with E-state index in [2.05, 4.69) is 10.6 Å². The standard InChI is InChI=1S/C22H25N3O3/c1-16(18-7-9-20(27-2)10-8-18)25-22(26)19(14-23)15-24-12-11-17-5-4-6-21(13-17)28-3/h4-10,13,15-16,24H,11-12H2,1-3H3,(H,25,26)/b19-15-. The number of hydrogen-bond donors (Lipinski definition) is 2. The van der Waals surface area contributed by atoms with Gasteiger partial charge in [-0.1, -0.05) is 24.3 Å². The van der Waals surface area contributed by atoms with E-state index in [-0.39, 0.29) is 11.6 Å². The van der Waals surface area contributed by atoms with Crippen LogP contribution < -0.4 is 20.1 Å². The van der Waals surface area contributed by atoms with Gasteiger partial charge in [0.1, 0.15) is 23.1 Å². The second-order valence-electron chi connectivity index (χ2n) is 6.19. The largest absolute Gasteiger partial charge is 0.497 e. The van der Waals surface area contributed by atoms with Crippen LogP contribution in [0.25, 0.3) is 0 Å². The van der Waals surface area contributed by atoms with Crippen LogP contribution >= 0.6 is 0 Å². The lowest BCUT2D eigenvalue weighted by molar-refractivity contribution is -0.117. The molecule has 146 valence electrons. The molecule has 6 nitrogen and oxygen atoms in total. The first-order valence-electron chi connectivity index (χ1n) is 8.98. The van der Waals surface area contributed by atoms with Crippen molar-refractivity contribution >= 4 is 5.91 Å². The molecule has 6 heteroatoms. The second kappa shape index (κ2) is 10.6. The molecule has 0 fully saturated rings. The number of methoxy groups -OCH3 is 2. The molecule has 0 aliphatic carbocycles. The molecule has 2 aromatic rings. The van der Waals surface area contributed by atoms with Crippen molar-refractivity contribution in [2.45, 2.75) is 19.4 Å². The van der Waals surface area contributed by atoms with Crippen LogP contribution in [0.15, 0.2) is 60.3 Å². The normalized spacial score (nSPS) is 11.9. The Labute approximate surface area is 165 Å². The molecule has 0 aromatic heterocycles. The van der Waals surface area contributed by atoms with Gasteiger partial charge in [-0.2, -0.15) is 5.26 Å². The van der Waals surface area contributed by atoms with Crippen LogP contribution in [0.4, 0.5) is 0 Å². The molecular formula is C22H25N3O3. The van der Waals surface area contributed by atoms with Crippen LogP contribution in [-0.2, 0) is 11.2 Å². The molecule has 0 saturated carbocycles. The summed E-state index contributed by atoms with van der Waals surface area (Å²) < 4.78 is 10.3. The SMILES string of the molecule is COc1ccc(C(C)NC(=O)/C(C#N)=C\NCCc2cccc(OC)c2)cc1. The Bertz CT molecular complexity index is 854. The number of carbonyl (C=O) groups is 1. The van der Waals surface area contributed by atoms with Gasteiger partial charge in [0.2, 0.25) is 0 Å². The topological polar surface area (TPSA) is 83.4 Å². The van der Waals surface area contributed by atoms with Crippen LogP contribution in [0.2, 0.25) is 0 Å². The van der Waals surface area contributed by atoms with Crippen molar-refractivity contribution in [3.63, 3.8) is 0 Å². The van der Waals surface area contributed by atoms with Crippen molar-refractivity contribution in [3.8, 4) is 17.6 Å². The summed E-state index contributed by atoms with van der Waals surface area (Å²) in [7, 11) is 3.23. The Morgan fingerprint density at radius 1 is 1.14 bits per heavy atom. The third-order valence-corrected chi connectivity index (χ3v) is 4.27. The van der Waals surface area contributed by atoms with Crippen molar-refractivity contribution in [3.05, 3.63) is 71.4 Å². The Kier molecular flexibility index (Phi) is 7.92. The summed E-state index contributed by atoms with van der Waals surface area (Å²) >= 11 is 0. The third kappa shape index (κ3) is 6.06. The number of carbonyl (C=O) groups excluding carboxylic acids is 1. The molecule has 0 heterocycles. The smallest absolute Gasteiger partial charge is 0.263 e. The van der Waals surface area contributed by atoms with E-state index < -0.39 is 5.91 Å². The van der Waals surface area contributed by atoms with Crippen molar-refractivity contribution in [1.82, 2.24) is 10.6 Å². The van der Waals surface area contributed by atoms with E-state index in [9.17, 15) is 10.1 Å². The second-order valence-corrected chi connectivity index (χ2v) is 6.19. The van der Waals surface area contributed by atoms with Crippen LogP contribution in [0.5, 0.6) is 11.5 Å². The van der Waals surface area contributed by atoms with Gasteiger partial charge >= 0.3 is 0 Å². The van der Waals surface area contributed by atoms with Gasteiger partial charge in [-0.25, -0.2) is 0 Å². The first-order valence-corrected chi connectivity index (χ1v) is 8.98. The molecule has 0 bridgehead atoms. The minimum atomic E-state index is -0.417. The number of rotatable bonds is 9. The van der Waals surface area contributed by atoms with Crippen LogP contribution in [0.3, 0.4) is 0 Å². The lowest BCUT2D eigenvalue weighted by Gasteiger charge is -2.14. The fraction of sp³-hybridized carbons (Fsp3) is 0.273. The summed E-state index contributed by atoms with van der Waals surface area (Å²) in [6, 6.07) is 16.9. The first kappa shape index (κ1) is 20.8. The highest BCUT2D eigenvalue weighted by molar-refractivity contribution is 5.97. The molecule has 0 aliphatic rings. The van der Waals surface area contributed by atoms with Gasteiger partial charge in [0.05, 0.1) is 20.3 Å². The summed E-state index contributed by atoms with van der Waals surface area (Å²) in [5, 5.41) is 15.1. The minimum absolute atomic E-state index is 0.0333. The lowest BCUT2D eigenvalue weighted by Crippen LogP contribution is -2.28. The molecule has 28 heavy (non-hydrogen) atoms. The minimum Gasteiger partial charge on any atom is -0.497 e. The van der Waals surface area contributed by atoms with E-state index >= 15 is 0 Å². The molecule has 2 rings (SSSR count). The predicted octanol–water partition coefficient (Wildman–Crippen LogP) is 3.12. The predicted molar refractivity (Wildman–Crippen MR) is 108 cm³/mol. The molecule has 0 aliphatic heterocycles. The van der Waals surface area contributed by atoms with Crippen LogP contribution in [-0.4, -0.2) is 26.7 Å². The van der Waals surface area contributed by atoms with Crippen molar-refractivity contribution < 1.29 is 14.3 Å². The Morgan fingerprint density at radius 2 is 1.86 bits per heavy atom. The van der Waals surface area contributed by atoms with E-state index in [1.54, 1.807) is 14.2 Å². The number of nitrogens with one attached hydrogen (secondary N) is 2. The lowest BCUT2D eigenvalue weighted by atomic mass is 10.1. The van der Waals surface area contributed by atoms with Crippen LogP contribution in [0, 0.1) is 11.3 Å². The van der Waals surface area contributed by atoms with E-state index in [1.165, 1.54) is 6.20 Å². The molecule has 1 unspecified atom stereocenters. The van der Waals surface area contributed by atoms with Gasteiger partial charge in [-0.3, -0.25) is 4.79 Å². The maximum absolute atomic E-state index is 12.3. The molecule has 1 amide bonds. The van der Waals surface area contributed by atoms with Gasteiger partial charge in [-0.05, 0) is 48.7 Å². The fourth-order valence-electron chi connectivity index (χ4n) is 2.62. The van der Waals surface area contributed by atoms with E-state index in [0.29, 0.717) is 6.54 Å². The zero-order valence-electron chi connectivity index (χ0n) is 16.4. The highest BCUT2D eigenvalue weighted by Crippen LogP contribution is 2.17. The molecule has 2 aromatic carbocycles. The van der Waals surface area contributed by atoms with Gasteiger partial charge in [-0.15, -0.1) is 0 Å². The number of nitrogens with zero attached hydrogens (tertiary/aromatic N) is 1. The van der Waals surface area contributed by atoms with Gasteiger partial charge in [0, 0.05) is 12.7 Å². The number of hydrogen-bond acceptors (Lipinski definition) is 5. The number of ether oxygens (including phenoxy) is 2. The van der Waals surface area contributed by atoms with E-state index in [0.717, 1.165) is 29.0 Å². The number of nitriles is 1. The van der Waals surface area contributed by atoms with Crippen molar-refractivity contribution in [2.75, 3.05) is 20.8 Å². The van der Waals surface area contributed by atoms with Crippen LogP contribution in [0.1, 0.15) is 24.1 Å². The van der Waals surface area contributed by atoms with Gasteiger partial charge < -0.3 is 20.1 Å². The average Bonchev–Trinajstić information content (AvgIpc) is 2.73. The third-order valence-electron chi connectivity index (χ3n) is 4.27. The summed E-state index contributed by atoms with van der Waals surface area (Å²) in [6.07, 6.45) is 2.20. The maximum Gasteiger partial charge on any atom is 0.263 e. The van der Waals surface area contributed by atoms with Crippen molar-refractivity contribution in [1.29, 1.82) is 5.26 Å². The quantitative estimate of drug-likeness (QED) is 0.397. The molecule has 0 radical (unpaired) electrons. The highest BCUT2D eigenvalue weighted by atomic mass is 16.5.